The van der Waals surface area contributed by atoms with Crippen molar-refractivity contribution in [2.24, 2.45) is 5.41 Å². The molecule has 0 saturated carbocycles. The number of rotatable bonds is 4. The molecule has 0 aromatic rings. The Bertz CT molecular complexity index is 438. The van der Waals surface area contributed by atoms with Gasteiger partial charge in [0.05, 0.1) is 18.0 Å². The second-order valence-electron chi connectivity index (χ2n) is 8.15. The number of halogens is 3. The standard InChI is InChI=1S/C16H28F2N2O2.ClH/c1-14(2,3)22-13(21)15(4,5)7-9-20-8-6-11-12(20)16(17,18)10-19-11;/h11-12,19H,6-10H2,1-5H3;1H. The van der Waals surface area contributed by atoms with Crippen molar-refractivity contribution in [2.75, 3.05) is 19.6 Å². The number of alkyl halides is 2. The van der Waals surface area contributed by atoms with Crippen LogP contribution in [0.2, 0.25) is 0 Å². The molecule has 0 aromatic carbocycles. The summed E-state index contributed by atoms with van der Waals surface area (Å²) in [6, 6.07) is -0.860. The van der Waals surface area contributed by atoms with Gasteiger partial charge in [0, 0.05) is 12.6 Å². The molecule has 4 nitrogen and oxygen atoms in total. The Balaban J connectivity index is 0.00000264. The van der Waals surface area contributed by atoms with Gasteiger partial charge in [0.25, 0.3) is 5.92 Å². The largest absolute Gasteiger partial charge is 0.460 e. The second-order valence-corrected chi connectivity index (χ2v) is 8.15. The molecule has 2 fully saturated rings. The van der Waals surface area contributed by atoms with E-state index in [1.807, 2.05) is 39.5 Å². The first-order valence-electron chi connectivity index (χ1n) is 8.01. The van der Waals surface area contributed by atoms with E-state index in [1.54, 1.807) is 0 Å². The lowest BCUT2D eigenvalue weighted by molar-refractivity contribution is -0.166. The Morgan fingerprint density at radius 1 is 1.30 bits per heavy atom. The first-order valence-corrected chi connectivity index (χ1v) is 8.01. The molecule has 136 valence electrons. The van der Waals surface area contributed by atoms with Gasteiger partial charge in [0.2, 0.25) is 0 Å². The molecular weight excluding hydrogens is 326 g/mol. The number of nitrogens with one attached hydrogen (secondary N) is 1. The highest BCUT2D eigenvalue weighted by atomic mass is 35.5. The number of hydrogen-bond acceptors (Lipinski definition) is 4. The number of carbonyl (C=O) groups excluding carboxylic acids is 1. The van der Waals surface area contributed by atoms with Crippen LogP contribution in [0.1, 0.15) is 47.5 Å². The highest BCUT2D eigenvalue weighted by Crippen LogP contribution is 2.37. The average Bonchev–Trinajstić information content (AvgIpc) is 2.87. The van der Waals surface area contributed by atoms with Crippen molar-refractivity contribution in [1.29, 1.82) is 0 Å². The van der Waals surface area contributed by atoms with Crippen LogP contribution in [0, 0.1) is 5.41 Å². The summed E-state index contributed by atoms with van der Waals surface area (Å²) < 4.78 is 33.3. The number of carbonyl (C=O) groups is 1. The average molecular weight is 355 g/mol. The molecule has 0 amide bonds. The van der Waals surface area contributed by atoms with Crippen molar-refractivity contribution in [2.45, 2.75) is 71.1 Å². The maximum atomic E-state index is 14.0. The Kier molecular flexibility index (Phi) is 6.09. The lowest BCUT2D eigenvalue weighted by Gasteiger charge is -2.32. The van der Waals surface area contributed by atoms with Gasteiger partial charge in [-0.15, -0.1) is 12.4 Å². The Hall–Kier alpha value is -0.460. The van der Waals surface area contributed by atoms with Crippen LogP contribution in [0.15, 0.2) is 0 Å². The smallest absolute Gasteiger partial charge is 0.312 e. The molecule has 7 heteroatoms. The minimum Gasteiger partial charge on any atom is -0.460 e. The van der Waals surface area contributed by atoms with Gasteiger partial charge < -0.3 is 10.1 Å². The fourth-order valence-electron chi connectivity index (χ4n) is 3.20. The zero-order chi connectivity index (χ0) is 16.8. The molecule has 23 heavy (non-hydrogen) atoms. The highest BCUT2D eigenvalue weighted by Gasteiger charge is 2.55. The van der Waals surface area contributed by atoms with E-state index in [0.717, 1.165) is 6.42 Å². The summed E-state index contributed by atoms with van der Waals surface area (Å²) in [4.78, 5) is 14.1. The predicted octanol–water partition coefficient (Wildman–Crippen LogP) is 2.85. The molecule has 2 unspecified atom stereocenters. The van der Waals surface area contributed by atoms with Crippen LogP contribution in [-0.4, -0.2) is 54.1 Å². The molecule has 0 radical (unpaired) electrons. The van der Waals surface area contributed by atoms with Crippen LogP contribution in [0.25, 0.3) is 0 Å². The fourth-order valence-corrected chi connectivity index (χ4v) is 3.20. The predicted molar refractivity (Wildman–Crippen MR) is 88.2 cm³/mol. The first kappa shape index (κ1) is 20.6. The molecule has 2 aliphatic rings. The van der Waals surface area contributed by atoms with E-state index in [0.29, 0.717) is 19.5 Å². The van der Waals surface area contributed by atoms with Crippen LogP contribution in [0.3, 0.4) is 0 Å². The van der Waals surface area contributed by atoms with Gasteiger partial charge in [0.1, 0.15) is 5.60 Å². The number of nitrogens with zero attached hydrogens (tertiary/aromatic N) is 1. The molecule has 2 heterocycles. The van der Waals surface area contributed by atoms with E-state index in [-0.39, 0.29) is 31.0 Å². The molecule has 2 aliphatic heterocycles. The number of hydrogen-bond donors (Lipinski definition) is 1. The Morgan fingerprint density at radius 3 is 2.48 bits per heavy atom. The van der Waals surface area contributed by atoms with Crippen molar-refractivity contribution < 1.29 is 18.3 Å². The molecule has 2 atom stereocenters. The highest BCUT2D eigenvalue weighted by molar-refractivity contribution is 5.85. The monoisotopic (exact) mass is 354 g/mol. The third-order valence-electron chi connectivity index (χ3n) is 4.51. The van der Waals surface area contributed by atoms with E-state index >= 15 is 0 Å². The lowest BCUT2D eigenvalue weighted by Crippen LogP contribution is -2.46. The van der Waals surface area contributed by atoms with Crippen molar-refractivity contribution in [3.63, 3.8) is 0 Å². The molecule has 1 N–H and O–H groups in total. The SMILES string of the molecule is CC(C)(C)OC(=O)C(C)(C)CCN1CCC2NCC(F)(F)C21.Cl. The van der Waals surface area contributed by atoms with Crippen LogP contribution in [0.4, 0.5) is 8.78 Å². The number of likely N-dealkylation sites (tertiary alicyclic amines) is 1. The van der Waals surface area contributed by atoms with Gasteiger partial charge in [-0.3, -0.25) is 9.69 Å². The lowest BCUT2D eigenvalue weighted by atomic mass is 9.88. The number of fused-ring (bicyclic) bond motifs is 1. The van der Waals surface area contributed by atoms with Gasteiger partial charge in [-0.2, -0.15) is 0 Å². The van der Waals surface area contributed by atoms with E-state index in [2.05, 4.69) is 5.32 Å². The van der Waals surface area contributed by atoms with Gasteiger partial charge in [-0.25, -0.2) is 8.78 Å². The van der Waals surface area contributed by atoms with Gasteiger partial charge in [0.15, 0.2) is 0 Å². The topological polar surface area (TPSA) is 41.6 Å². The van der Waals surface area contributed by atoms with Crippen LogP contribution < -0.4 is 5.32 Å². The summed E-state index contributed by atoms with van der Waals surface area (Å²) in [6.07, 6.45) is 1.26. The summed E-state index contributed by atoms with van der Waals surface area (Å²) in [5.41, 5.74) is -1.21. The van der Waals surface area contributed by atoms with Crippen molar-refractivity contribution in [3.05, 3.63) is 0 Å². The van der Waals surface area contributed by atoms with Crippen molar-refractivity contribution in [3.8, 4) is 0 Å². The normalized spacial score (nSPS) is 27.4. The molecule has 0 aromatic heterocycles. The van der Waals surface area contributed by atoms with E-state index in [4.69, 9.17) is 4.74 Å². The quantitative estimate of drug-likeness (QED) is 0.788. The molecule has 0 aliphatic carbocycles. The number of ether oxygens (including phenoxy) is 1. The summed E-state index contributed by atoms with van der Waals surface area (Å²) in [7, 11) is 0. The molecule has 0 bridgehead atoms. The summed E-state index contributed by atoms with van der Waals surface area (Å²) in [5, 5.41) is 2.91. The van der Waals surface area contributed by atoms with E-state index in [1.165, 1.54) is 0 Å². The Morgan fingerprint density at radius 2 is 1.91 bits per heavy atom. The van der Waals surface area contributed by atoms with E-state index in [9.17, 15) is 13.6 Å². The van der Waals surface area contributed by atoms with Gasteiger partial charge in [-0.05, 0) is 54.0 Å². The van der Waals surface area contributed by atoms with Crippen LogP contribution in [0.5, 0.6) is 0 Å². The van der Waals surface area contributed by atoms with E-state index < -0.39 is 23.0 Å². The minimum absolute atomic E-state index is 0. The second kappa shape index (κ2) is 6.81. The maximum absolute atomic E-state index is 14.0. The summed E-state index contributed by atoms with van der Waals surface area (Å²) >= 11 is 0. The third kappa shape index (κ3) is 4.77. The fraction of sp³-hybridized carbons (Fsp3) is 0.938. The molecule has 2 saturated heterocycles. The van der Waals surface area contributed by atoms with Crippen molar-refractivity contribution in [1.82, 2.24) is 10.2 Å². The molecule has 2 rings (SSSR count). The van der Waals surface area contributed by atoms with Gasteiger partial charge in [-0.1, -0.05) is 0 Å². The van der Waals surface area contributed by atoms with Crippen molar-refractivity contribution >= 4 is 18.4 Å². The number of esters is 1. The maximum Gasteiger partial charge on any atom is 0.312 e. The van der Waals surface area contributed by atoms with Gasteiger partial charge >= 0.3 is 5.97 Å². The third-order valence-corrected chi connectivity index (χ3v) is 4.51. The van der Waals surface area contributed by atoms with Crippen LogP contribution in [-0.2, 0) is 9.53 Å². The summed E-state index contributed by atoms with van der Waals surface area (Å²) in [5.74, 6) is -2.95. The minimum atomic E-state index is -2.68. The Labute approximate surface area is 143 Å². The summed E-state index contributed by atoms with van der Waals surface area (Å²) in [6.45, 7) is 10.0. The van der Waals surface area contributed by atoms with Crippen LogP contribution >= 0.6 is 12.4 Å². The molecular formula is C16H29ClF2N2O2. The molecule has 0 spiro atoms. The zero-order valence-electron chi connectivity index (χ0n) is 14.6. The zero-order valence-corrected chi connectivity index (χ0v) is 15.4. The first-order chi connectivity index (χ1) is 9.92.